The van der Waals surface area contributed by atoms with E-state index in [1.807, 2.05) is 11.7 Å². The van der Waals surface area contributed by atoms with E-state index in [9.17, 15) is 9.90 Å². The lowest BCUT2D eigenvalue weighted by molar-refractivity contribution is -0.139. The Balaban J connectivity index is 1.68. The topological polar surface area (TPSA) is 80.0 Å². The number of carbonyl (C=O) groups is 1. The van der Waals surface area contributed by atoms with Crippen LogP contribution in [0, 0.1) is 0 Å². The fourth-order valence-electron chi connectivity index (χ4n) is 2.28. The number of rotatable bonds is 6. The molecular weight excluding hydrogens is 276 g/mol. The lowest BCUT2D eigenvalue weighted by atomic mass is 10.2. The zero-order valence-corrected chi connectivity index (χ0v) is 11.9. The summed E-state index contributed by atoms with van der Waals surface area (Å²) in [6.45, 7) is 0.426. The highest BCUT2D eigenvalue weighted by molar-refractivity contribution is 7.07. The molecule has 3 rings (SSSR count). The van der Waals surface area contributed by atoms with Gasteiger partial charge in [-0.15, -0.1) is 11.3 Å². The Bertz CT molecular complexity index is 604. The molecule has 2 aromatic heterocycles. The monoisotopic (exact) mass is 292 g/mol. The van der Waals surface area contributed by atoms with Crippen molar-refractivity contribution in [2.75, 3.05) is 0 Å². The zero-order valence-electron chi connectivity index (χ0n) is 11.1. The van der Waals surface area contributed by atoms with Gasteiger partial charge >= 0.3 is 5.97 Å². The minimum Gasteiger partial charge on any atom is -0.480 e. The summed E-state index contributed by atoms with van der Waals surface area (Å²) >= 11 is 1.39. The maximum absolute atomic E-state index is 11.3. The Labute approximate surface area is 120 Å². The molecule has 2 N–H and O–H groups in total. The molecule has 1 aliphatic rings. The van der Waals surface area contributed by atoms with Gasteiger partial charge in [-0.1, -0.05) is 0 Å². The lowest BCUT2D eigenvalue weighted by Gasteiger charge is -2.10. The Hall–Kier alpha value is -1.73. The fourth-order valence-corrected chi connectivity index (χ4v) is 2.86. The molecule has 6 nitrogen and oxygen atoms in total. The average molecular weight is 292 g/mol. The maximum atomic E-state index is 11.3. The van der Waals surface area contributed by atoms with Gasteiger partial charge in [-0.05, 0) is 18.9 Å². The van der Waals surface area contributed by atoms with E-state index in [1.54, 1.807) is 10.9 Å². The van der Waals surface area contributed by atoms with Crippen molar-refractivity contribution >= 4 is 17.3 Å². The number of thiazole rings is 1. The first-order chi connectivity index (χ1) is 9.65. The van der Waals surface area contributed by atoms with Crippen LogP contribution in [0.3, 0.4) is 0 Å². The van der Waals surface area contributed by atoms with Crippen LogP contribution in [0.15, 0.2) is 17.0 Å². The van der Waals surface area contributed by atoms with E-state index >= 15 is 0 Å². The van der Waals surface area contributed by atoms with Gasteiger partial charge in [0.25, 0.3) is 0 Å². The van der Waals surface area contributed by atoms with E-state index in [0.717, 1.165) is 5.69 Å². The number of aryl methyl sites for hydroxylation is 1. The van der Waals surface area contributed by atoms with Crippen molar-refractivity contribution in [3.8, 4) is 0 Å². The molecule has 0 bridgehead atoms. The van der Waals surface area contributed by atoms with Crippen molar-refractivity contribution in [1.29, 1.82) is 0 Å². The summed E-state index contributed by atoms with van der Waals surface area (Å²) < 4.78 is 1.90. The quantitative estimate of drug-likeness (QED) is 0.846. The molecule has 106 valence electrons. The molecule has 2 aromatic rings. The molecule has 0 radical (unpaired) electrons. The van der Waals surface area contributed by atoms with Crippen LogP contribution in [-0.4, -0.2) is 25.8 Å². The average Bonchev–Trinajstić information content (AvgIpc) is 2.96. The van der Waals surface area contributed by atoms with E-state index < -0.39 is 12.0 Å². The molecule has 1 fully saturated rings. The van der Waals surface area contributed by atoms with Crippen molar-refractivity contribution in [1.82, 2.24) is 20.1 Å². The number of nitrogens with one attached hydrogen (secondary N) is 1. The summed E-state index contributed by atoms with van der Waals surface area (Å²) in [6, 6.07) is 1.28. The van der Waals surface area contributed by atoms with Gasteiger partial charge in [0.1, 0.15) is 6.04 Å². The molecule has 0 saturated heterocycles. The van der Waals surface area contributed by atoms with Crippen LogP contribution >= 0.6 is 11.3 Å². The van der Waals surface area contributed by atoms with Gasteiger partial charge in [-0.25, -0.2) is 4.98 Å². The molecule has 1 unspecified atom stereocenters. The second-order valence-corrected chi connectivity index (χ2v) is 5.74. The third-order valence-electron chi connectivity index (χ3n) is 3.44. The highest BCUT2D eigenvalue weighted by Gasteiger charge is 2.27. The van der Waals surface area contributed by atoms with Crippen LogP contribution in [0.2, 0.25) is 0 Å². The standard InChI is InChI=1S/C13H16N4O2S/c1-17-11(8-2-3-8)4-9(16-17)5-14-12(13(18)19)10-6-20-7-15-10/h4,6-8,12,14H,2-3,5H2,1H3,(H,18,19). The summed E-state index contributed by atoms with van der Waals surface area (Å²) in [7, 11) is 1.94. The van der Waals surface area contributed by atoms with Gasteiger partial charge in [0.2, 0.25) is 0 Å². The van der Waals surface area contributed by atoms with Crippen molar-refractivity contribution < 1.29 is 9.90 Å². The normalized spacial score (nSPS) is 16.2. The van der Waals surface area contributed by atoms with Crippen molar-refractivity contribution in [3.05, 3.63) is 34.0 Å². The second-order valence-electron chi connectivity index (χ2n) is 5.02. The first kappa shape index (κ1) is 13.3. The molecule has 1 aliphatic carbocycles. The van der Waals surface area contributed by atoms with Crippen LogP contribution in [0.1, 0.15) is 41.9 Å². The summed E-state index contributed by atoms with van der Waals surface area (Å²) in [5.41, 5.74) is 4.29. The number of aromatic nitrogens is 3. The Morgan fingerprint density at radius 3 is 3.05 bits per heavy atom. The maximum Gasteiger partial charge on any atom is 0.327 e. The number of hydrogen-bond acceptors (Lipinski definition) is 5. The Morgan fingerprint density at radius 1 is 1.65 bits per heavy atom. The van der Waals surface area contributed by atoms with Crippen LogP contribution in [-0.2, 0) is 18.4 Å². The predicted octanol–water partition coefficient (Wildman–Crippen LogP) is 1.67. The molecule has 0 spiro atoms. The Morgan fingerprint density at radius 2 is 2.45 bits per heavy atom. The molecule has 0 amide bonds. The lowest BCUT2D eigenvalue weighted by Crippen LogP contribution is -2.28. The summed E-state index contributed by atoms with van der Waals surface area (Å²) in [5.74, 6) is -0.288. The SMILES string of the molecule is Cn1nc(CNC(C(=O)O)c2cscn2)cc1C1CC1. The number of aliphatic carboxylic acids is 1. The van der Waals surface area contributed by atoms with Crippen molar-refractivity contribution in [3.63, 3.8) is 0 Å². The van der Waals surface area contributed by atoms with Gasteiger partial charge in [0.15, 0.2) is 0 Å². The van der Waals surface area contributed by atoms with Gasteiger partial charge in [-0.3, -0.25) is 14.8 Å². The first-order valence-electron chi connectivity index (χ1n) is 6.52. The summed E-state index contributed by atoms with van der Waals surface area (Å²) in [5, 5.41) is 18.4. The predicted molar refractivity (Wildman–Crippen MR) is 74.5 cm³/mol. The number of nitrogens with zero attached hydrogens (tertiary/aromatic N) is 3. The van der Waals surface area contributed by atoms with E-state index in [-0.39, 0.29) is 0 Å². The highest BCUT2D eigenvalue weighted by atomic mass is 32.1. The molecule has 7 heteroatoms. The molecular formula is C13H16N4O2S. The number of carboxylic acids is 1. The molecule has 2 heterocycles. The summed E-state index contributed by atoms with van der Waals surface area (Å²) in [4.78, 5) is 15.3. The van der Waals surface area contributed by atoms with Crippen LogP contribution in [0.5, 0.6) is 0 Å². The molecule has 1 atom stereocenters. The van der Waals surface area contributed by atoms with Gasteiger partial charge in [-0.2, -0.15) is 5.10 Å². The first-order valence-corrected chi connectivity index (χ1v) is 7.46. The minimum atomic E-state index is -0.922. The second kappa shape index (κ2) is 5.34. The third-order valence-corrected chi connectivity index (χ3v) is 4.05. The van der Waals surface area contributed by atoms with Crippen molar-refractivity contribution in [2.24, 2.45) is 7.05 Å². The smallest absolute Gasteiger partial charge is 0.327 e. The van der Waals surface area contributed by atoms with E-state index in [4.69, 9.17) is 0 Å². The van der Waals surface area contributed by atoms with Gasteiger partial charge in [0.05, 0.1) is 16.9 Å². The fraction of sp³-hybridized carbons (Fsp3) is 0.462. The molecule has 1 saturated carbocycles. The van der Waals surface area contributed by atoms with Crippen molar-refractivity contribution in [2.45, 2.75) is 31.3 Å². The summed E-state index contributed by atoms with van der Waals surface area (Å²) in [6.07, 6.45) is 2.45. The number of hydrogen-bond donors (Lipinski definition) is 2. The minimum absolute atomic E-state index is 0.426. The van der Waals surface area contributed by atoms with Crippen LogP contribution in [0.4, 0.5) is 0 Å². The van der Waals surface area contributed by atoms with Gasteiger partial charge in [0, 0.05) is 30.6 Å². The molecule has 0 aliphatic heterocycles. The highest BCUT2D eigenvalue weighted by Crippen LogP contribution is 2.39. The van der Waals surface area contributed by atoms with E-state index in [1.165, 1.54) is 29.9 Å². The van der Waals surface area contributed by atoms with Gasteiger partial charge < -0.3 is 5.11 Å². The Kier molecular flexibility index (Phi) is 3.54. The van der Waals surface area contributed by atoms with E-state index in [0.29, 0.717) is 18.2 Å². The third kappa shape index (κ3) is 2.73. The molecule has 0 aromatic carbocycles. The molecule has 20 heavy (non-hydrogen) atoms. The largest absolute Gasteiger partial charge is 0.480 e. The van der Waals surface area contributed by atoms with Crippen LogP contribution in [0.25, 0.3) is 0 Å². The zero-order chi connectivity index (χ0) is 14.1. The number of carboxylic acid groups (broad SMARTS) is 1. The van der Waals surface area contributed by atoms with Crippen LogP contribution < -0.4 is 5.32 Å². The van der Waals surface area contributed by atoms with E-state index in [2.05, 4.69) is 21.5 Å².